The largest absolute Gasteiger partial charge is 0.485 e. The maximum Gasteiger partial charge on any atom is 0.183 e. The number of nitrogens with zero attached hydrogens (tertiary/aromatic N) is 1. The van der Waals surface area contributed by atoms with Crippen molar-refractivity contribution in [2.45, 2.75) is 45.1 Å². The summed E-state index contributed by atoms with van der Waals surface area (Å²) < 4.78 is 13.9. The molecular formula is C39H37NO2. The van der Waals surface area contributed by atoms with E-state index >= 15 is 0 Å². The molecule has 0 radical (unpaired) electrons. The average molecular weight is 552 g/mol. The van der Waals surface area contributed by atoms with Gasteiger partial charge >= 0.3 is 0 Å². The molecule has 3 aromatic carbocycles. The number of rotatable bonds is 7. The van der Waals surface area contributed by atoms with Crippen LogP contribution in [0.3, 0.4) is 0 Å². The summed E-state index contributed by atoms with van der Waals surface area (Å²) in [7, 11) is 0. The Hall–Kier alpha value is -4.50. The van der Waals surface area contributed by atoms with Crippen LogP contribution < -0.4 is 9.64 Å². The Morgan fingerprint density at radius 3 is 2.29 bits per heavy atom. The first-order valence-corrected chi connectivity index (χ1v) is 15.1. The van der Waals surface area contributed by atoms with Crippen molar-refractivity contribution < 1.29 is 9.47 Å². The number of anilines is 1. The maximum absolute atomic E-state index is 7.09. The third-order valence-electron chi connectivity index (χ3n) is 8.55. The molecule has 0 aromatic heterocycles. The normalized spacial score (nSPS) is 23.2. The van der Waals surface area contributed by atoms with E-state index in [9.17, 15) is 0 Å². The fourth-order valence-corrected chi connectivity index (χ4v) is 6.42. The van der Waals surface area contributed by atoms with Gasteiger partial charge in [-0.1, -0.05) is 111 Å². The van der Waals surface area contributed by atoms with Crippen molar-refractivity contribution in [2.24, 2.45) is 11.8 Å². The van der Waals surface area contributed by atoms with Crippen molar-refractivity contribution in [1.82, 2.24) is 0 Å². The van der Waals surface area contributed by atoms with Crippen LogP contribution in [0.25, 0.3) is 6.08 Å². The van der Waals surface area contributed by atoms with E-state index in [2.05, 4.69) is 152 Å². The second-order valence-corrected chi connectivity index (χ2v) is 12.1. The maximum atomic E-state index is 7.09. The quantitative estimate of drug-likeness (QED) is 0.293. The molecule has 210 valence electrons. The van der Waals surface area contributed by atoms with Gasteiger partial charge in [0.15, 0.2) is 5.60 Å². The summed E-state index contributed by atoms with van der Waals surface area (Å²) in [6.07, 6.45) is 20.6. The van der Waals surface area contributed by atoms with Gasteiger partial charge in [-0.2, -0.15) is 0 Å². The van der Waals surface area contributed by atoms with Gasteiger partial charge < -0.3 is 14.4 Å². The smallest absolute Gasteiger partial charge is 0.183 e. The Morgan fingerprint density at radius 2 is 1.57 bits per heavy atom. The zero-order chi connectivity index (χ0) is 28.5. The third-order valence-corrected chi connectivity index (χ3v) is 8.55. The molecule has 3 nitrogen and oxygen atoms in total. The molecule has 2 aliphatic carbocycles. The van der Waals surface area contributed by atoms with E-state index in [1.54, 1.807) is 0 Å². The van der Waals surface area contributed by atoms with Crippen LogP contribution in [0.1, 0.15) is 37.0 Å². The van der Waals surface area contributed by atoms with Crippen molar-refractivity contribution in [1.29, 1.82) is 0 Å². The molecule has 3 aromatic rings. The number of fused-ring (bicyclic) bond motifs is 4. The SMILES string of the molecule is CC(C)CC1OC2=CC=C3C=CC=CC3C2=CC12C=Cc1ccc(N(Cc3ccccc3)Cc3ccccc3)cc1O2. The summed E-state index contributed by atoms with van der Waals surface area (Å²) in [6, 6.07) is 28.0. The second-order valence-electron chi connectivity index (χ2n) is 12.1. The van der Waals surface area contributed by atoms with Crippen molar-refractivity contribution in [2.75, 3.05) is 4.90 Å². The van der Waals surface area contributed by atoms with Gasteiger partial charge in [0.25, 0.3) is 0 Å². The van der Waals surface area contributed by atoms with Gasteiger partial charge in [0.2, 0.25) is 0 Å². The van der Waals surface area contributed by atoms with Gasteiger partial charge in [0.1, 0.15) is 17.6 Å². The van der Waals surface area contributed by atoms with Crippen molar-refractivity contribution in [3.05, 3.63) is 161 Å². The second kappa shape index (κ2) is 11.1. The molecule has 2 heterocycles. The zero-order valence-electron chi connectivity index (χ0n) is 24.3. The molecule has 42 heavy (non-hydrogen) atoms. The van der Waals surface area contributed by atoms with Crippen LogP contribution in [0.4, 0.5) is 5.69 Å². The van der Waals surface area contributed by atoms with E-state index in [0.717, 1.165) is 42.3 Å². The fraction of sp³-hybridized carbons (Fsp3) is 0.231. The van der Waals surface area contributed by atoms with Crippen molar-refractivity contribution >= 4 is 11.8 Å². The molecule has 3 atom stereocenters. The van der Waals surface area contributed by atoms with E-state index in [1.807, 2.05) is 0 Å². The van der Waals surface area contributed by atoms with Gasteiger partial charge in [-0.15, -0.1) is 0 Å². The minimum Gasteiger partial charge on any atom is -0.485 e. The Kier molecular flexibility index (Phi) is 6.95. The summed E-state index contributed by atoms with van der Waals surface area (Å²) in [4.78, 5) is 2.43. The van der Waals surface area contributed by atoms with Gasteiger partial charge in [-0.25, -0.2) is 0 Å². The van der Waals surface area contributed by atoms with E-state index in [1.165, 1.54) is 22.3 Å². The van der Waals surface area contributed by atoms with E-state index in [4.69, 9.17) is 9.47 Å². The highest BCUT2D eigenvalue weighted by Gasteiger charge is 2.47. The molecule has 0 fully saturated rings. The van der Waals surface area contributed by atoms with E-state index in [0.29, 0.717) is 5.92 Å². The molecule has 0 saturated carbocycles. The van der Waals surface area contributed by atoms with Gasteiger partial charge in [0.05, 0.1) is 0 Å². The first-order chi connectivity index (χ1) is 20.6. The Bertz CT molecular complexity index is 1600. The summed E-state index contributed by atoms with van der Waals surface area (Å²) in [5, 5.41) is 0. The topological polar surface area (TPSA) is 21.7 Å². The summed E-state index contributed by atoms with van der Waals surface area (Å²) in [6.45, 7) is 6.12. The predicted molar refractivity (Wildman–Crippen MR) is 172 cm³/mol. The monoisotopic (exact) mass is 551 g/mol. The highest BCUT2D eigenvalue weighted by Crippen LogP contribution is 2.47. The van der Waals surface area contributed by atoms with Gasteiger partial charge in [-0.05, 0) is 59.4 Å². The molecule has 0 amide bonds. The Balaban J connectivity index is 1.26. The lowest BCUT2D eigenvalue weighted by Crippen LogP contribution is -2.50. The molecule has 0 bridgehead atoms. The van der Waals surface area contributed by atoms with Gasteiger partial charge in [0, 0.05) is 41.9 Å². The molecule has 0 saturated heterocycles. The molecule has 7 rings (SSSR count). The predicted octanol–water partition coefficient (Wildman–Crippen LogP) is 8.98. The van der Waals surface area contributed by atoms with Crippen LogP contribution in [0, 0.1) is 11.8 Å². The molecule has 0 N–H and O–H groups in total. The lowest BCUT2D eigenvalue weighted by Gasteiger charge is -2.45. The number of hydrogen-bond acceptors (Lipinski definition) is 3. The first-order valence-electron chi connectivity index (χ1n) is 15.1. The lowest BCUT2D eigenvalue weighted by atomic mass is 9.76. The van der Waals surface area contributed by atoms with E-state index < -0.39 is 5.60 Å². The highest BCUT2D eigenvalue weighted by atomic mass is 16.6. The minimum absolute atomic E-state index is 0.122. The van der Waals surface area contributed by atoms with Crippen LogP contribution in [-0.2, 0) is 17.8 Å². The van der Waals surface area contributed by atoms with Crippen LogP contribution in [0.5, 0.6) is 5.75 Å². The fourth-order valence-electron chi connectivity index (χ4n) is 6.42. The van der Waals surface area contributed by atoms with Crippen LogP contribution in [-0.4, -0.2) is 11.7 Å². The average Bonchev–Trinajstić information content (AvgIpc) is 3.02. The first kappa shape index (κ1) is 26.4. The van der Waals surface area contributed by atoms with Crippen LogP contribution >= 0.6 is 0 Å². The number of allylic oxidation sites excluding steroid dienone is 8. The lowest BCUT2D eigenvalue weighted by molar-refractivity contribution is -0.0311. The van der Waals surface area contributed by atoms with E-state index in [-0.39, 0.29) is 12.0 Å². The molecule has 2 aliphatic heterocycles. The standard InChI is InChI=1S/C39H37NO2/c1-28(2)23-38-39(25-35-34-16-10-9-15-31(34)18-20-36(35)41-38)22-21-32-17-19-33(24-37(32)42-39)40(26-29-11-5-3-6-12-29)27-30-13-7-4-8-14-30/h3-22,24-25,28,34,38H,23,26-27H2,1-2H3. The van der Waals surface area contributed by atoms with Crippen molar-refractivity contribution in [3.63, 3.8) is 0 Å². The van der Waals surface area contributed by atoms with Crippen LogP contribution in [0.15, 0.2) is 144 Å². The number of hydrogen-bond donors (Lipinski definition) is 0. The van der Waals surface area contributed by atoms with Crippen molar-refractivity contribution in [3.8, 4) is 5.75 Å². The Labute approximate surface area is 249 Å². The Morgan fingerprint density at radius 1 is 0.833 bits per heavy atom. The summed E-state index contributed by atoms with van der Waals surface area (Å²) >= 11 is 0. The third kappa shape index (κ3) is 5.16. The zero-order valence-corrected chi connectivity index (χ0v) is 24.3. The number of benzene rings is 3. The molecule has 3 heteroatoms. The molecule has 1 spiro atoms. The number of ether oxygens (including phenoxy) is 2. The summed E-state index contributed by atoms with van der Waals surface area (Å²) in [5.74, 6) is 2.51. The highest BCUT2D eigenvalue weighted by molar-refractivity contribution is 5.68. The van der Waals surface area contributed by atoms with Crippen LogP contribution in [0.2, 0.25) is 0 Å². The molecular weight excluding hydrogens is 514 g/mol. The molecule has 3 unspecified atom stereocenters. The molecule has 4 aliphatic rings. The van der Waals surface area contributed by atoms with Gasteiger partial charge in [-0.3, -0.25) is 0 Å². The minimum atomic E-state index is -0.677. The summed E-state index contributed by atoms with van der Waals surface area (Å²) in [5.41, 5.74) is 6.59.